The van der Waals surface area contributed by atoms with Crippen molar-refractivity contribution in [1.82, 2.24) is 0 Å². The van der Waals surface area contributed by atoms with Crippen LogP contribution in [0.4, 0.5) is 0 Å². The average Bonchev–Trinajstić information content (AvgIpc) is 3.32. The molecule has 0 spiro atoms. The third-order valence-electron chi connectivity index (χ3n) is 14.6. The zero-order chi connectivity index (χ0) is 49.6. The summed E-state index contributed by atoms with van der Waals surface area (Å²) in [5.74, 6) is 0.914. The van der Waals surface area contributed by atoms with Crippen molar-refractivity contribution in [3.05, 3.63) is 0 Å². The van der Waals surface area contributed by atoms with E-state index in [1.54, 1.807) is 0 Å². The molecule has 0 bridgehead atoms. The van der Waals surface area contributed by atoms with Crippen LogP contribution in [0, 0.1) is 11.8 Å². The van der Waals surface area contributed by atoms with Crippen molar-refractivity contribution in [2.45, 2.75) is 355 Å². The van der Waals surface area contributed by atoms with Crippen LogP contribution >= 0.6 is 0 Å². The summed E-state index contributed by atoms with van der Waals surface area (Å²) in [6, 6.07) is 0. The molecule has 0 aromatic heterocycles. The number of esters is 3. The number of carbonyl (C=O) groups excluding carboxylic acids is 3. The Hall–Kier alpha value is -1.59. The molecule has 6 nitrogen and oxygen atoms in total. The van der Waals surface area contributed by atoms with Gasteiger partial charge in [0, 0.05) is 19.3 Å². The van der Waals surface area contributed by atoms with Gasteiger partial charge in [-0.3, -0.25) is 14.4 Å². The summed E-state index contributed by atoms with van der Waals surface area (Å²) in [7, 11) is 0. The lowest BCUT2D eigenvalue weighted by Crippen LogP contribution is -2.30. The molecule has 1 unspecified atom stereocenters. The lowest BCUT2D eigenvalue weighted by molar-refractivity contribution is -0.167. The lowest BCUT2D eigenvalue weighted by atomic mass is 9.99. The van der Waals surface area contributed by atoms with Gasteiger partial charge in [0.1, 0.15) is 13.2 Å². The highest BCUT2D eigenvalue weighted by molar-refractivity contribution is 5.71. The topological polar surface area (TPSA) is 78.9 Å². The van der Waals surface area contributed by atoms with Gasteiger partial charge in [-0.1, -0.05) is 311 Å². The van der Waals surface area contributed by atoms with Gasteiger partial charge in [0.25, 0.3) is 0 Å². The van der Waals surface area contributed by atoms with Crippen molar-refractivity contribution in [2.24, 2.45) is 11.8 Å². The zero-order valence-electron chi connectivity index (χ0n) is 46.7. The minimum absolute atomic E-state index is 0.0623. The summed E-state index contributed by atoms with van der Waals surface area (Å²) in [4.78, 5) is 38.2. The summed E-state index contributed by atoms with van der Waals surface area (Å²) in [6.45, 7) is 11.5. The molecule has 68 heavy (non-hydrogen) atoms. The Kier molecular flexibility index (Phi) is 53.5. The fourth-order valence-electron chi connectivity index (χ4n) is 9.55. The Morgan fingerprint density at radius 3 is 0.838 bits per heavy atom. The van der Waals surface area contributed by atoms with Crippen LogP contribution in [0.15, 0.2) is 0 Å². The summed E-state index contributed by atoms with van der Waals surface area (Å²) < 4.78 is 16.9. The number of hydrogen-bond donors (Lipinski definition) is 0. The van der Waals surface area contributed by atoms with Crippen LogP contribution < -0.4 is 0 Å². The van der Waals surface area contributed by atoms with E-state index < -0.39 is 6.10 Å². The first-order valence-electron chi connectivity index (χ1n) is 30.8. The van der Waals surface area contributed by atoms with Gasteiger partial charge in [-0.15, -0.1) is 0 Å². The fraction of sp³-hybridized carbons (Fsp3) is 0.952. The van der Waals surface area contributed by atoms with Crippen LogP contribution in [0.2, 0.25) is 0 Å². The van der Waals surface area contributed by atoms with Crippen molar-refractivity contribution >= 4 is 17.9 Å². The van der Waals surface area contributed by atoms with Gasteiger partial charge < -0.3 is 14.2 Å². The van der Waals surface area contributed by atoms with Crippen LogP contribution in [-0.4, -0.2) is 37.2 Å². The number of rotatable bonds is 56. The average molecular weight is 962 g/mol. The van der Waals surface area contributed by atoms with Crippen molar-refractivity contribution in [2.75, 3.05) is 13.2 Å². The van der Waals surface area contributed by atoms with Gasteiger partial charge in [0.05, 0.1) is 0 Å². The second kappa shape index (κ2) is 54.7. The van der Waals surface area contributed by atoms with Gasteiger partial charge >= 0.3 is 17.9 Å². The highest BCUT2D eigenvalue weighted by Crippen LogP contribution is 2.19. The Labute approximate surface area is 425 Å². The van der Waals surface area contributed by atoms with Crippen molar-refractivity contribution < 1.29 is 28.6 Å². The van der Waals surface area contributed by atoms with Crippen molar-refractivity contribution in [3.63, 3.8) is 0 Å². The Morgan fingerprint density at radius 1 is 0.309 bits per heavy atom. The van der Waals surface area contributed by atoms with Gasteiger partial charge in [-0.05, 0) is 31.1 Å². The minimum Gasteiger partial charge on any atom is -0.462 e. The molecule has 0 N–H and O–H groups in total. The molecule has 0 fully saturated rings. The van der Waals surface area contributed by atoms with Crippen LogP contribution in [0.1, 0.15) is 349 Å². The maximum absolute atomic E-state index is 12.9. The van der Waals surface area contributed by atoms with E-state index in [0.29, 0.717) is 19.3 Å². The first-order valence-corrected chi connectivity index (χ1v) is 30.8. The van der Waals surface area contributed by atoms with E-state index in [-0.39, 0.29) is 31.1 Å². The van der Waals surface area contributed by atoms with Crippen LogP contribution in [0.25, 0.3) is 0 Å². The van der Waals surface area contributed by atoms with Gasteiger partial charge in [0.15, 0.2) is 6.10 Å². The highest BCUT2D eigenvalue weighted by atomic mass is 16.6. The maximum atomic E-state index is 12.9. The Bertz CT molecular complexity index is 1040. The maximum Gasteiger partial charge on any atom is 0.306 e. The van der Waals surface area contributed by atoms with Gasteiger partial charge in [-0.2, -0.15) is 0 Å². The second-order valence-electron chi connectivity index (χ2n) is 22.1. The summed E-state index contributed by atoms with van der Waals surface area (Å²) in [5.41, 5.74) is 0. The van der Waals surface area contributed by atoms with Crippen molar-refractivity contribution in [3.8, 4) is 0 Å². The predicted octanol–water partition coefficient (Wildman–Crippen LogP) is 20.4. The van der Waals surface area contributed by atoms with E-state index in [4.69, 9.17) is 14.2 Å². The molecule has 0 radical (unpaired) electrons. The molecule has 0 aliphatic heterocycles. The molecule has 0 aliphatic carbocycles. The van der Waals surface area contributed by atoms with E-state index in [2.05, 4.69) is 34.6 Å². The van der Waals surface area contributed by atoms with E-state index in [9.17, 15) is 14.4 Å². The molecule has 0 aromatic carbocycles. The van der Waals surface area contributed by atoms with E-state index >= 15 is 0 Å². The fourth-order valence-corrected chi connectivity index (χ4v) is 9.55. The third-order valence-corrected chi connectivity index (χ3v) is 14.6. The predicted molar refractivity (Wildman–Crippen MR) is 293 cm³/mol. The Balaban J connectivity index is 4.24. The summed E-state index contributed by atoms with van der Waals surface area (Å²) in [6.07, 6.45) is 59.5. The third kappa shape index (κ3) is 53.8. The molecule has 0 aromatic rings. The van der Waals surface area contributed by atoms with Crippen molar-refractivity contribution in [1.29, 1.82) is 0 Å². The van der Waals surface area contributed by atoms with Crippen LogP contribution in [-0.2, 0) is 28.6 Å². The molecule has 0 amide bonds. The number of hydrogen-bond acceptors (Lipinski definition) is 6. The molecule has 0 saturated carbocycles. The largest absolute Gasteiger partial charge is 0.462 e. The molecule has 404 valence electrons. The molecule has 0 aliphatic rings. The monoisotopic (exact) mass is 961 g/mol. The number of ether oxygens (including phenoxy) is 3. The van der Waals surface area contributed by atoms with Gasteiger partial charge in [0.2, 0.25) is 0 Å². The summed E-state index contributed by atoms with van der Waals surface area (Å²) >= 11 is 0. The quantitative estimate of drug-likeness (QED) is 0.0343. The van der Waals surface area contributed by atoms with E-state index in [1.807, 2.05) is 0 Å². The smallest absolute Gasteiger partial charge is 0.306 e. The standard InChI is InChI=1S/C62H120O6/c1-6-8-9-10-11-12-13-27-32-37-42-47-52-60(63)66-55-59(56-67-61(64)53-48-43-38-33-28-24-20-21-25-30-35-40-45-50-57(3)4)68-62(65)54-49-44-39-34-29-23-19-17-15-14-16-18-22-26-31-36-41-46-51-58(5)7-2/h57-59H,6-56H2,1-5H3/t58?,59-/m0/s1. The second-order valence-corrected chi connectivity index (χ2v) is 22.1. The SMILES string of the molecule is CCCCCCCCCCCCCCC(=O)OC[C@@H](COC(=O)CCCCCCCCCCCCCCCC(C)C)OC(=O)CCCCCCCCCCCCCCCCCCCCC(C)CC. The first kappa shape index (κ1) is 66.4. The first-order chi connectivity index (χ1) is 33.3. The molecule has 6 heteroatoms. The normalized spacial score (nSPS) is 12.4. The zero-order valence-corrected chi connectivity index (χ0v) is 46.7. The van der Waals surface area contributed by atoms with E-state index in [1.165, 1.54) is 238 Å². The Morgan fingerprint density at radius 2 is 0.559 bits per heavy atom. The number of carbonyl (C=O) groups is 3. The van der Waals surface area contributed by atoms with E-state index in [0.717, 1.165) is 69.6 Å². The van der Waals surface area contributed by atoms with Crippen LogP contribution in [0.5, 0.6) is 0 Å². The van der Waals surface area contributed by atoms with Crippen LogP contribution in [0.3, 0.4) is 0 Å². The highest BCUT2D eigenvalue weighted by Gasteiger charge is 2.19. The molecule has 0 saturated heterocycles. The molecular formula is C62H120O6. The molecule has 0 heterocycles. The molecular weight excluding hydrogens is 841 g/mol. The van der Waals surface area contributed by atoms with Gasteiger partial charge in [-0.25, -0.2) is 0 Å². The molecule has 2 atom stereocenters. The lowest BCUT2D eigenvalue weighted by Gasteiger charge is -2.18. The summed E-state index contributed by atoms with van der Waals surface area (Å²) in [5, 5.41) is 0. The number of unbranched alkanes of at least 4 members (excludes halogenated alkanes) is 40. The minimum atomic E-state index is -0.763. The molecule has 0 rings (SSSR count).